The number of nitrogens with zero attached hydrogens (tertiary/aromatic N) is 4. The molecule has 2 aliphatic heterocycles. The third-order valence-corrected chi connectivity index (χ3v) is 5.67. The molecule has 2 fully saturated rings. The van der Waals surface area contributed by atoms with Gasteiger partial charge in [-0.3, -0.25) is 9.78 Å². The summed E-state index contributed by atoms with van der Waals surface area (Å²) in [7, 11) is 0. The van der Waals surface area contributed by atoms with Crippen molar-refractivity contribution in [2.24, 2.45) is 0 Å². The van der Waals surface area contributed by atoms with E-state index < -0.39 is 0 Å². The van der Waals surface area contributed by atoms with Crippen LogP contribution in [0.1, 0.15) is 29.8 Å². The first-order valence-electron chi connectivity index (χ1n) is 8.59. The molecule has 2 aliphatic rings. The Hall–Kier alpha value is -2.06. The first-order valence-corrected chi connectivity index (χ1v) is 9.41. The Kier molecular flexibility index (Phi) is 4.63. The van der Waals surface area contributed by atoms with Gasteiger partial charge in [0.15, 0.2) is 0 Å². The van der Waals surface area contributed by atoms with Gasteiger partial charge in [0.2, 0.25) is 11.0 Å². The normalized spacial score (nSPS) is 25.6. The molecule has 7 nitrogen and oxygen atoms in total. The zero-order valence-electron chi connectivity index (χ0n) is 14.1. The van der Waals surface area contributed by atoms with Crippen molar-refractivity contribution in [3.63, 3.8) is 0 Å². The number of amides is 1. The number of pyridine rings is 1. The van der Waals surface area contributed by atoms with E-state index in [-0.39, 0.29) is 18.1 Å². The molecule has 1 amide bonds. The summed E-state index contributed by atoms with van der Waals surface area (Å²) in [4.78, 5) is 18.8. The number of nitrogens with one attached hydrogen (secondary N) is 1. The fourth-order valence-electron chi connectivity index (χ4n) is 3.57. The van der Waals surface area contributed by atoms with Crippen LogP contribution >= 0.6 is 11.3 Å². The lowest BCUT2D eigenvalue weighted by molar-refractivity contribution is -0.141. The van der Waals surface area contributed by atoms with Gasteiger partial charge >= 0.3 is 0 Å². The minimum atomic E-state index is -0.367. The molecule has 2 saturated heterocycles. The van der Waals surface area contributed by atoms with Crippen LogP contribution in [0.5, 0.6) is 0 Å². The Morgan fingerprint density at radius 1 is 1.40 bits per heavy atom. The van der Waals surface area contributed by atoms with Gasteiger partial charge in [-0.25, -0.2) is 0 Å². The van der Waals surface area contributed by atoms with E-state index in [1.165, 1.54) is 0 Å². The Morgan fingerprint density at radius 3 is 3.08 bits per heavy atom. The molecule has 0 bridgehead atoms. The number of fused-ring (bicyclic) bond motifs is 1. The van der Waals surface area contributed by atoms with Crippen LogP contribution in [0.15, 0.2) is 24.5 Å². The molecule has 4 heterocycles. The maximum Gasteiger partial charge on any atom is 0.249 e. The predicted molar refractivity (Wildman–Crippen MR) is 94.4 cm³/mol. The van der Waals surface area contributed by atoms with Crippen LogP contribution in [-0.2, 0) is 16.1 Å². The highest BCUT2D eigenvalue weighted by Crippen LogP contribution is 2.35. The molecule has 25 heavy (non-hydrogen) atoms. The molecule has 132 valence electrons. The molecule has 2 aromatic heterocycles. The number of carbonyl (C=O) groups is 1. The molecule has 1 N–H and O–H groups in total. The average molecular weight is 359 g/mol. The maximum atomic E-state index is 12.4. The maximum absolute atomic E-state index is 12.4. The number of rotatable bonds is 4. The smallest absolute Gasteiger partial charge is 0.249 e. The summed E-state index contributed by atoms with van der Waals surface area (Å²) in [5.74, 6) is -0.0347. The van der Waals surface area contributed by atoms with Crippen LogP contribution in [0.3, 0.4) is 0 Å². The van der Waals surface area contributed by atoms with E-state index in [2.05, 4.69) is 25.4 Å². The number of ether oxygens (including phenoxy) is 1. The molecule has 8 heteroatoms. The van der Waals surface area contributed by atoms with Gasteiger partial charge in [0.25, 0.3) is 0 Å². The Bertz CT molecular complexity index is 738. The van der Waals surface area contributed by atoms with E-state index in [1.54, 1.807) is 23.7 Å². The van der Waals surface area contributed by atoms with E-state index in [1.807, 2.05) is 19.1 Å². The zero-order valence-corrected chi connectivity index (χ0v) is 14.9. The second kappa shape index (κ2) is 7.05. The zero-order chi connectivity index (χ0) is 17.2. The Labute approximate surface area is 150 Å². The SMILES string of the molecule is Cc1nnc(N2CC[C@@H]3O[C@@H](C(=O)NCc4cccnc4)CC[C@@H]32)s1. The van der Waals surface area contributed by atoms with Crippen molar-refractivity contribution in [1.82, 2.24) is 20.5 Å². The van der Waals surface area contributed by atoms with Crippen molar-refractivity contribution in [1.29, 1.82) is 0 Å². The van der Waals surface area contributed by atoms with E-state index in [0.717, 1.165) is 41.5 Å². The predicted octanol–water partition coefficient (Wildman–Crippen LogP) is 1.68. The van der Waals surface area contributed by atoms with Gasteiger partial charge in [0.05, 0.1) is 12.1 Å². The highest BCUT2D eigenvalue weighted by molar-refractivity contribution is 7.15. The number of hydrogen-bond donors (Lipinski definition) is 1. The molecule has 0 spiro atoms. The standard InChI is InChI=1S/C17H21N5O2S/c1-11-20-21-17(25-11)22-8-6-14-13(22)4-5-15(24-14)16(23)19-10-12-3-2-7-18-9-12/h2-3,7,9,13-15H,4-6,8,10H2,1H3,(H,19,23)/t13-,14-,15+/m0/s1. The molecule has 0 aliphatic carbocycles. The second-order valence-electron chi connectivity index (χ2n) is 6.47. The van der Waals surface area contributed by atoms with Crippen LogP contribution in [0.4, 0.5) is 5.13 Å². The van der Waals surface area contributed by atoms with Gasteiger partial charge in [-0.15, -0.1) is 10.2 Å². The summed E-state index contributed by atoms with van der Waals surface area (Å²) in [6.07, 6.45) is 5.80. The van der Waals surface area contributed by atoms with Crippen molar-refractivity contribution in [2.75, 3.05) is 11.4 Å². The fourth-order valence-corrected chi connectivity index (χ4v) is 4.34. The quantitative estimate of drug-likeness (QED) is 0.895. The van der Waals surface area contributed by atoms with Gasteiger partial charge in [0, 0.05) is 25.5 Å². The molecular formula is C17H21N5O2S. The molecule has 0 saturated carbocycles. The lowest BCUT2D eigenvalue weighted by Crippen LogP contribution is -2.47. The number of hydrogen-bond acceptors (Lipinski definition) is 7. The second-order valence-corrected chi connectivity index (χ2v) is 7.63. The minimum Gasteiger partial charge on any atom is -0.363 e. The molecule has 2 aromatic rings. The number of carbonyl (C=O) groups excluding carboxylic acids is 1. The molecule has 0 radical (unpaired) electrons. The van der Waals surface area contributed by atoms with Gasteiger partial charge in [-0.2, -0.15) is 0 Å². The van der Waals surface area contributed by atoms with Gasteiger partial charge < -0.3 is 15.0 Å². The lowest BCUT2D eigenvalue weighted by atomic mass is 9.99. The van der Waals surface area contributed by atoms with Gasteiger partial charge in [0.1, 0.15) is 11.1 Å². The number of anilines is 1. The third-order valence-electron chi connectivity index (χ3n) is 4.79. The lowest BCUT2D eigenvalue weighted by Gasteiger charge is -2.35. The topological polar surface area (TPSA) is 80.2 Å². The van der Waals surface area contributed by atoms with Crippen molar-refractivity contribution in [3.8, 4) is 0 Å². The van der Waals surface area contributed by atoms with Gasteiger partial charge in [-0.1, -0.05) is 17.4 Å². The number of aryl methyl sites for hydroxylation is 1. The van der Waals surface area contributed by atoms with Gasteiger partial charge in [-0.05, 0) is 37.8 Å². The van der Waals surface area contributed by atoms with Crippen LogP contribution in [0.2, 0.25) is 0 Å². The fraction of sp³-hybridized carbons (Fsp3) is 0.529. The summed E-state index contributed by atoms with van der Waals surface area (Å²) in [6.45, 7) is 3.36. The Morgan fingerprint density at radius 2 is 2.32 bits per heavy atom. The van der Waals surface area contributed by atoms with Crippen molar-refractivity contribution in [3.05, 3.63) is 35.1 Å². The van der Waals surface area contributed by atoms with Crippen molar-refractivity contribution < 1.29 is 9.53 Å². The number of aromatic nitrogens is 3. The average Bonchev–Trinajstić information content (AvgIpc) is 3.25. The molecule has 3 atom stereocenters. The summed E-state index contributed by atoms with van der Waals surface area (Å²) in [5.41, 5.74) is 0.989. The molecular weight excluding hydrogens is 338 g/mol. The highest BCUT2D eigenvalue weighted by Gasteiger charge is 2.42. The van der Waals surface area contributed by atoms with Crippen LogP contribution < -0.4 is 10.2 Å². The summed E-state index contributed by atoms with van der Waals surface area (Å²) < 4.78 is 6.11. The minimum absolute atomic E-state index is 0.0347. The Balaban J connectivity index is 1.33. The molecule has 0 unspecified atom stereocenters. The first kappa shape index (κ1) is 16.4. The largest absolute Gasteiger partial charge is 0.363 e. The van der Waals surface area contributed by atoms with Crippen LogP contribution in [-0.4, -0.2) is 45.9 Å². The van der Waals surface area contributed by atoms with Crippen molar-refractivity contribution in [2.45, 2.75) is 51.0 Å². The molecule has 4 rings (SSSR count). The van der Waals surface area contributed by atoms with Crippen LogP contribution in [0, 0.1) is 6.92 Å². The van der Waals surface area contributed by atoms with Crippen LogP contribution in [0.25, 0.3) is 0 Å². The van der Waals surface area contributed by atoms with E-state index in [9.17, 15) is 4.79 Å². The third kappa shape index (κ3) is 3.50. The highest BCUT2D eigenvalue weighted by atomic mass is 32.1. The summed E-state index contributed by atoms with van der Waals surface area (Å²) in [5, 5.41) is 13.3. The summed E-state index contributed by atoms with van der Waals surface area (Å²) in [6, 6.07) is 4.12. The van der Waals surface area contributed by atoms with Crippen molar-refractivity contribution >= 4 is 22.4 Å². The molecule has 0 aromatic carbocycles. The van der Waals surface area contributed by atoms with E-state index in [4.69, 9.17) is 4.74 Å². The first-order chi connectivity index (χ1) is 12.2. The van der Waals surface area contributed by atoms with E-state index in [0.29, 0.717) is 12.6 Å². The monoisotopic (exact) mass is 359 g/mol. The summed E-state index contributed by atoms with van der Waals surface area (Å²) >= 11 is 1.62. The van der Waals surface area contributed by atoms with E-state index >= 15 is 0 Å².